The molecular formula is C15H15BrFNO. The molecule has 0 saturated carbocycles. The number of hydrogen-bond donors (Lipinski definition) is 2. The predicted molar refractivity (Wildman–Crippen MR) is 78.7 cm³/mol. The summed E-state index contributed by atoms with van der Waals surface area (Å²) in [5, 5.41) is 12.7. The van der Waals surface area contributed by atoms with Gasteiger partial charge in [0.1, 0.15) is 5.82 Å². The smallest absolute Gasteiger partial charge is 0.128 e. The van der Waals surface area contributed by atoms with Gasteiger partial charge in [-0.25, -0.2) is 4.39 Å². The zero-order chi connectivity index (χ0) is 13.8. The average Bonchev–Trinajstić information content (AvgIpc) is 2.41. The molecule has 0 aromatic heterocycles. The summed E-state index contributed by atoms with van der Waals surface area (Å²) in [5.41, 5.74) is 2.39. The summed E-state index contributed by atoms with van der Waals surface area (Å²) >= 11 is 3.32. The standard InChI is InChI=1S/C15H15BrFNO/c1-10-4-2-3-5-14(10)18-15(9-19)12-8-11(16)6-7-13(12)17/h2-8,15,18-19H,9H2,1H3. The van der Waals surface area contributed by atoms with E-state index in [-0.39, 0.29) is 12.4 Å². The number of rotatable bonds is 4. The molecule has 2 nitrogen and oxygen atoms in total. The van der Waals surface area contributed by atoms with Crippen molar-refractivity contribution in [3.8, 4) is 0 Å². The maximum atomic E-state index is 13.8. The molecule has 2 N–H and O–H groups in total. The average molecular weight is 324 g/mol. The van der Waals surface area contributed by atoms with Gasteiger partial charge in [-0.15, -0.1) is 0 Å². The third-order valence-corrected chi connectivity index (χ3v) is 3.48. The summed E-state index contributed by atoms with van der Waals surface area (Å²) < 4.78 is 14.6. The SMILES string of the molecule is Cc1ccccc1NC(CO)c1cc(Br)ccc1F. The van der Waals surface area contributed by atoms with E-state index in [1.54, 1.807) is 12.1 Å². The molecule has 1 atom stereocenters. The molecule has 0 amide bonds. The Morgan fingerprint density at radius 2 is 2.00 bits per heavy atom. The molecule has 0 fully saturated rings. The molecule has 0 aliphatic carbocycles. The highest BCUT2D eigenvalue weighted by Gasteiger charge is 2.15. The Labute approximate surface area is 120 Å². The van der Waals surface area contributed by atoms with Crippen molar-refractivity contribution < 1.29 is 9.50 Å². The van der Waals surface area contributed by atoms with Crippen molar-refractivity contribution in [2.24, 2.45) is 0 Å². The molecule has 19 heavy (non-hydrogen) atoms. The first kappa shape index (κ1) is 14.0. The van der Waals surface area contributed by atoms with Gasteiger partial charge in [0, 0.05) is 15.7 Å². The topological polar surface area (TPSA) is 32.3 Å². The van der Waals surface area contributed by atoms with E-state index in [1.165, 1.54) is 6.07 Å². The van der Waals surface area contributed by atoms with E-state index < -0.39 is 6.04 Å². The molecule has 0 spiro atoms. The fourth-order valence-corrected chi connectivity index (χ4v) is 2.30. The summed E-state index contributed by atoms with van der Waals surface area (Å²) in [6, 6.07) is 12.0. The lowest BCUT2D eigenvalue weighted by Crippen LogP contribution is -2.17. The molecule has 100 valence electrons. The highest BCUT2D eigenvalue weighted by Crippen LogP contribution is 2.26. The van der Waals surface area contributed by atoms with Gasteiger partial charge in [0.15, 0.2) is 0 Å². The van der Waals surface area contributed by atoms with Crippen molar-refractivity contribution in [3.05, 3.63) is 63.9 Å². The van der Waals surface area contributed by atoms with Crippen molar-refractivity contribution in [1.29, 1.82) is 0 Å². The molecule has 2 aromatic carbocycles. The third-order valence-electron chi connectivity index (χ3n) is 2.99. The van der Waals surface area contributed by atoms with E-state index >= 15 is 0 Å². The van der Waals surface area contributed by atoms with Crippen LogP contribution in [0.3, 0.4) is 0 Å². The maximum Gasteiger partial charge on any atom is 0.128 e. The Morgan fingerprint density at radius 3 is 2.68 bits per heavy atom. The molecule has 4 heteroatoms. The number of aryl methyl sites for hydroxylation is 1. The molecule has 0 radical (unpaired) electrons. The number of hydrogen-bond acceptors (Lipinski definition) is 2. The van der Waals surface area contributed by atoms with Gasteiger partial charge in [-0.2, -0.15) is 0 Å². The lowest BCUT2D eigenvalue weighted by molar-refractivity contribution is 0.274. The molecule has 0 heterocycles. The first-order valence-electron chi connectivity index (χ1n) is 6.00. The highest BCUT2D eigenvalue weighted by atomic mass is 79.9. The predicted octanol–water partition coefficient (Wildman–Crippen LogP) is 4.04. The van der Waals surface area contributed by atoms with Crippen molar-refractivity contribution in [3.63, 3.8) is 0 Å². The second kappa shape index (κ2) is 6.17. The lowest BCUT2D eigenvalue weighted by Gasteiger charge is -2.20. The van der Waals surface area contributed by atoms with Crippen LogP contribution in [0.5, 0.6) is 0 Å². The Balaban J connectivity index is 2.30. The number of benzene rings is 2. The Bertz CT molecular complexity index is 574. The summed E-state index contributed by atoms with van der Waals surface area (Å²) in [6.07, 6.45) is 0. The van der Waals surface area contributed by atoms with E-state index in [1.807, 2.05) is 31.2 Å². The van der Waals surface area contributed by atoms with Gasteiger partial charge in [0.2, 0.25) is 0 Å². The maximum absolute atomic E-state index is 13.8. The zero-order valence-corrected chi connectivity index (χ0v) is 12.1. The summed E-state index contributed by atoms with van der Waals surface area (Å²) in [5.74, 6) is -0.330. The second-order valence-corrected chi connectivity index (χ2v) is 5.28. The molecule has 1 unspecified atom stereocenters. The Kier molecular flexibility index (Phi) is 4.56. The normalized spacial score (nSPS) is 12.2. The molecule has 0 bridgehead atoms. The molecule has 2 aromatic rings. The van der Waals surface area contributed by atoms with Crippen LogP contribution < -0.4 is 5.32 Å². The Hall–Kier alpha value is -1.39. The summed E-state index contributed by atoms with van der Waals surface area (Å²) in [4.78, 5) is 0. The molecular weight excluding hydrogens is 309 g/mol. The molecule has 0 saturated heterocycles. The zero-order valence-electron chi connectivity index (χ0n) is 10.5. The van der Waals surface area contributed by atoms with Crippen LogP contribution in [0.15, 0.2) is 46.9 Å². The molecule has 0 aliphatic heterocycles. The summed E-state index contributed by atoms with van der Waals surface area (Å²) in [7, 11) is 0. The van der Waals surface area contributed by atoms with Crippen molar-refractivity contribution >= 4 is 21.6 Å². The van der Waals surface area contributed by atoms with Gasteiger partial charge in [-0.1, -0.05) is 34.1 Å². The minimum absolute atomic E-state index is 0.179. The Morgan fingerprint density at radius 1 is 1.26 bits per heavy atom. The minimum atomic E-state index is -0.474. The number of para-hydroxylation sites is 1. The summed E-state index contributed by atoms with van der Waals surface area (Å²) in [6.45, 7) is 1.79. The van der Waals surface area contributed by atoms with Crippen LogP contribution in [0, 0.1) is 12.7 Å². The van der Waals surface area contributed by atoms with Gasteiger partial charge >= 0.3 is 0 Å². The number of halogens is 2. The van der Waals surface area contributed by atoms with E-state index in [2.05, 4.69) is 21.2 Å². The molecule has 2 rings (SSSR count). The number of anilines is 1. The first-order chi connectivity index (χ1) is 9.11. The van der Waals surface area contributed by atoms with Crippen LogP contribution in [-0.4, -0.2) is 11.7 Å². The fourth-order valence-electron chi connectivity index (χ4n) is 1.93. The second-order valence-electron chi connectivity index (χ2n) is 4.36. The van der Waals surface area contributed by atoms with Crippen LogP contribution in [0.1, 0.15) is 17.2 Å². The largest absolute Gasteiger partial charge is 0.394 e. The lowest BCUT2D eigenvalue weighted by atomic mass is 10.1. The van der Waals surface area contributed by atoms with Crippen molar-refractivity contribution in [2.45, 2.75) is 13.0 Å². The van der Waals surface area contributed by atoms with Crippen molar-refractivity contribution in [1.82, 2.24) is 0 Å². The van der Waals surface area contributed by atoms with Gasteiger partial charge in [-0.3, -0.25) is 0 Å². The van der Waals surface area contributed by atoms with Crippen LogP contribution in [0.25, 0.3) is 0 Å². The van der Waals surface area contributed by atoms with Crippen LogP contribution in [0.2, 0.25) is 0 Å². The molecule has 0 aliphatic rings. The van der Waals surface area contributed by atoms with Crippen LogP contribution >= 0.6 is 15.9 Å². The highest BCUT2D eigenvalue weighted by molar-refractivity contribution is 9.10. The van der Waals surface area contributed by atoms with Gasteiger partial charge in [-0.05, 0) is 36.8 Å². The fraction of sp³-hybridized carbons (Fsp3) is 0.200. The van der Waals surface area contributed by atoms with Crippen molar-refractivity contribution in [2.75, 3.05) is 11.9 Å². The minimum Gasteiger partial charge on any atom is -0.394 e. The third kappa shape index (κ3) is 3.33. The number of aliphatic hydroxyl groups is 1. The monoisotopic (exact) mass is 323 g/mol. The number of aliphatic hydroxyl groups excluding tert-OH is 1. The van der Waals surface area contributed by atoms with E-state index in [0.717, 1.165) is 15.7 Å². The van der Waals surface area contributed by atoms with Gasteiger partial charge in [0.25, 0.3) is 0 Å². The first-order valence-corrected chi connectivity index (χ1v) is 6.79. The van der Waals surface area contributed by atoms with E-state index in [9.17, 15) is 9.50 Å². The van der Waals surface area contributed by atoms with Crippen LogP contribution in [-0.2, 0) is 0 Å². The van der Waals surface area contributed by atoms with E-state index in [4.69, 9.17) is 0 Å². The van der Waals surface area contributed by atoms with Gasteiger partial charge in [0.05, 0.1) is 12.6 Å². The quantitative estimate of drug-likeness (QED) is 0.889. The van der Waals surface area contributed by atoms with Gasteiger partial charge < -0.3 is 10.4 Å². The van der Waals surface area contributed by atoms with Crippen LogP contribution in [0.4, 0.5) is 10.1 Å². The van der Waals surface area contributed by atoms with E-state index in [0.29, 0.717) is 5.56 Å². The number of nitrogens with one attached hydrogen (secondary N) is 1.